The van der Waals surface area contributed by atoms with E-state index < -0.39 is 9.84 Å². The van der Waals surface area contributed by atoms with Crippen LogP contribution in [0.1, 0.15) is 6.42 Å². The van der Waals surface area contributed by atoms with Crippen molar-refractivity contribution in [3.05, 3.63) is 10.8 Å². The summed E-state index contributed by atoms with van der Waals surface area (Å²) >= 11 is 3.45. The second-order valence-electron chi connectivity index (χ2n) is 4.10. The average molecular weight is 335 g/mol. The van der Waals surface area contributed by atoms with Gasteiger partial charge in [-0.3, -0.25) is 0 Å². The highest BCUT2D eigenvalue weighted by Crippen LogP contribution is 2.29. The molecule has 0 aromatic carbocycles. The van der Waals surface area contributed by atoms with Gasteiger partial charge < -0.3 is 10.2 Å². The summed E-state index contributed by atoms with van der Waals surface area (Å²) in [5, 5.41) is 2.96. The molecular formula is C10H15BrN4O2S. The van der Waals surface area contributed by atoms with Crippen LogP contribution in [0.2, 0.25) is 0 Å². The Balaban J connectivity index is 2.26. The van der Waals surface area contributed by atoms with E-state index in [1.54, 1.807) is 7.05 Å². The third kappa shape index (κ3) is 2.92. The van der Waals surface area contributed by atoms with Gasteiger partial charge in [-0.1, -0.05) is 0 Å². The fourth-order valence-electron chi connectivity index (χ4n) is 1.91. The van der Waals surface area contributed by atoms with E-state index in [-0.39, 0.29) is 11.5 Å². The quantitative estimate of drug-likeness (QED) is 0.866. The largest absolute Gasteiger partial charge is 0.372 e. The summed E-state index contributed by atoms with van der Waals surface area (Å²) in [6.45, 7) is 1.17. The molecule has 2 heterocycles. The van der Waals surface area contributed by atoms with E-state index in [0.29, 0.717) is 25.3 Å². The molecule has 0 atom stereocenters. The van der Waals surface area contributed by atoms with Crippen molar-refractivity contribution in [2.45, 2.75) is 6.42 Å². The molecule has 1 aliphatic heterocycles. The van der Waals surface area contributed by atoms with Crippen molar-refractivity contribution in [1.82, 2.24) is 9.97 Å². The molecule has 0 saturated carbocycles. The van der Waals surface area contributed by atoms with E-state index in [2.05, 4.69) is 31.2 Å². The summed E-state index contributed by atoms with van der Waals surface area (Å²) in [4.78, 5) is 10.3. The van der Waals surface area contributed by atoms with Crippen LogP contribution in [0.25, 0.3) is 0 Å². The van der Waals surface area contributed by atoms with Crippen LogP contribution in [0.3, 0.4) is 0 Å². The van der Waals surface area contributed by atoms with Gasteiger partial charge in [0.05, 0.1) is 11.5 Å². The zero-order valence-electron chi connectivity index (χ0n) is 10.1. The van der Waals surface area contributed by atoms with Crippen molar-refractivity contribution in [2.24, 2.45) is 0 Å². The second kappa shape index (κ2) is 5.40. The van der Waals surface area contributed by atoms with Gasteiger partial charge in [-0.25, -0.2) is 18.4 Å². The summed E-state index contributed by atoms with van der Waals surface area (Å²) in [5.41, 5.74) is 0. The average Bonchev–Trinajstić information content (AvgIpc) is 2.51. The van der Waals surface area contributed by atoms with E-state index in [0.717, 1.165) is 10.3 Å². The van der Waals surface area contributed by atoms with Gasteiger partial charge in [0.25, 0.3) is 0 Å². The smallest absolute Gasteiger partial charge is 0.152 e. The Hall–Kier alpha value is -0.890. The SMILES string of the molecule is CNc1ncnc(N2CCCS(=O)(=O)CC2)c1Br. The molecule has 100 valence electrons. The Morgan fingerprint density at radius 3 is 2.83 bits per heavy atom. The normalized spacial score (nSPS) is 19.3. The van der Waals surface area contributed by atoms with Gasteiger partial charge in [-0.05, 0) is 22.4 Å². The van der Waals surface area contributed by atoms with E-state index in [1.807, 2.05) is 4.90 Å². The lowest BCUT2D eigenvalue weighted by molar-refractivity contribution is 0.597. The standard InChI is InChI=1S/C10H15BrN4O2S/c1-12-9-8(11)10(14-7-13-9)15-3-2-5-18(16,17)6-4-15/h7H,2-6H2,1H3,(H,12,13,14). The first-order valence-electron chi connectivity index (χ1n) is 5.67. The maximum atomic E-state index is 11.6. The molecule has 1 fully saturated rings. The van der Waals surface area contributed by atoms with Gasteiger partial charge in [0.2, 0.25) is 0 Å². The predicted molar refractivity (Wildman–Crippen MR) is 74.8 cm³/mol. The summed E-state index contributed by atoms with van der Waals surface area (Å²) in [6, 6.07) is 0. The molecule has 0 aliphatic carbocycles. The van der Waals surface area contributed by atoms with Gasteiger partial charge in [0, 0.05) is 20.1 Å². The molecular weight excluding hydrogens is 320 g/mol. The van der Waals surface area contributed by atoms with Crippen LogP contribution in [0.15, 0.2) is 10.8 Å². The highest BCUT2D eigenvalue weighted by atomic mass is 79.9. The molecule has 0 unspecified atom stereocenters. The molecule has 0 bridgehead atoms. The summed E-state index contributed by atoms with van der Waals surface area (Å²) < 4.78 is 23.9. The minimum Gasteiger partial charge on any atom is -0.372 e. The lowest BCUT2D eigenvalue weighted by Gasteiger charge is -2.22. The van der Waals surface area contributed by atoms with Crippen molar-refractivity contribution >= 4 is 37.4 Å². The van der Waals surface area contributed by atoms with Crippen LogP contribution >= 0.6 is 15.9 Å². The van der Waals surface area contributed by atoms with Crippen LogP contribution in [0, 0.1) is 0 Å². The zero-order valence-corrected chi connectivity index (χ0v) is 12.5. The van der Waals surface area contributed by atoms with E-state index in [9.17, 15) is 8.42 Å². The Bertz CT molecular complexity index is 535. The number of halogens is 1. The van der Waals surface area contributed by atoms with Gasteiger partial charge in [-0.15, -0.1) is 0 Å². The number of aromatic nitrogens is 2. The molecule has 0 amide bonds. The van der Waals surface area contributed by atoms with Crippen LogP contribution in [0.4, 0.5) is 11.6 Å². The van der Waals surface area contributed by atoms with Crippen LogP contribution in [-0.4, -0.2) is 50.0 Å². The van der Waals surface area contributed by atoms with Crippen LogP contribution in [-0.2, 0) is 9.84 Å². The fraction of sp³-hybridized carbons (Fsp3) is 0.600. The van der Waals surface area contributed by atoms with Crippen molar-refractivity contribution in [1.29, 1.82) is 0 Å². The highest BCUT2D eigenvalue weighted by Gasteiger charge is 2.22. The number of hydrogen-bond donors (Lipinski definition) is 1. The third-order valence-electron chi connectivity index (χ3n) is 2.86. The Morgan fingerprint density at radius 2 is 2.11 bits per heavy atom. The Morgan fingerprint density at radius 1 is 1.33 bits per heavy atom. The van der Waals surface area contributed by atoms with Crippen molar-refractivity contribution < 1.29 is 8.42 Å². The molecule has 0 spiro atoms. The second-order valence-corrected chi connectivity index (χ2v) is 7.20. The van der Waals surface area contributed by atoms with Crippen LogP contribution < -0.4 is 10.2 Å². The first-order chi connectivity index (χ1) is 8.53. The molecule has 1 aromatic heterocycles. The molecule has 2 rings (SSSR count). The first kappa shape index (κ1) is 13.5. The first-order valence-corrected chi connectivity index (χ1v) is 8.28. The minimum atomic E-state index is -2.90. The molecule has 6 nitrogen and oxygen atoms in total. The molecule has 8 heteroatoms. The number of hydrogen-bond acceptors (Lipinski definition) is 6. The lowest BCUT2D eigenvalue weighted by atomic mass is 10.4. The summed E-state index contributed by atoms with van der Waals surface area (Å²) in [6.07, 6.45) is 2.11. The Labute approximate surface area is 115 Å². The lowest BCUT2D eigenvalue weighted by Crippen LogP contribution is -2.28. The highest BCUT2D eigenvalue weighted by molar-refractivity contribution is 9.10. The van der Waals surface area contributed by atoms with Gasteiger partial charge in [0.15, 0.2) is 9.84 Å². The maximum Gasteiger partial charge on any atom is 0.152 e. The number of nitrogens with one attached hydrogen (secondary N) is 1. The molecule has 1 saturated heterocycles. The molecule has 18 heavy (non-hydrogen) atoms. The summed E-state index contributed by atoms with van der Waals surface area (Å²) in [5.74, 6) is 1.88. The van der Waals surface area contributed by atoms with Crippen LogP contribution in [0.5, 0.6) is 0 Å². The number of anilines is 2. The predicted octanol–water partition coefficient (Wildman–Crippen LogP) is 0.906. The maximum absolute atomic E-state index is 11.6. The van der Waals surface area contributed by atoms with Gasteiger partial charge in [-0.2, -0.15) is 0 Å². The molecule has 1 N–H and O–H groups in total. The van der Waals surface area contributed by atoms with E-state index >= 15 is 0 Å². The van der Waals surface area contributed by atoms with Gasteiger partial charge in [0.1, 0.15) is 22.4 Å². The topological polar surface area (TPSA) is 75.2 Å². The molecule has 1 aliphatic rings. The third-order valence-corrected chi connectivity index (χ3v) is 5.31. The number of rotatable bonds is 2. The van der Waals surface area contributed by atoms with Gasteiger partial charge >= 0.3 is 0 Å². The molecule has 0 radical (unpaired) electrons. The zero-order chi connectivity index (χ0) is 13.2. The van der Waals surface area contributed by atoms with Crippen molar-refractivity contribution in [2.75, 3.05) is 41.9 Å². The Kier molecular flexibility index (Phi) is 4.06. The fourth-order valence-corrected chi connectivity index (χ4v) is 3.83. The van der Waals surface area contributed by atoms with Crippen molar-refractivity contribution in [3.8, 4) is 0 Å². The number of sulfone groups is 1. The minimum absolute atomic E-state index is 0.179. The number of nitrogens with zero attached hydrogens (tertiary/aromatic N) is 3. The monoisotopic (exact) mass is 334 g/mol. The van der Waals surface area contributed by atoms with Crippen molar-refractivity contribution in [3.63, 3.8) is 0 Å². The van der Waals surface area contributed by atoms with E-state index in [4.69, 9.17) is 0 Å². The summed E-state index contributed by atoms with van der Waals surface area (Å²) in [7, 11) is -1.12. The molecule has 1 aromatic rings. The van der Waals surface area contributed by atoms with E-state index in [1.165, 1.54) is 6.33 Å².